The maximum Gasteiger partial charge on any atom is 0.276 e. The summed E-state index contributed by atoms with van der Waals surface area (Å²) in [4.78, 5) is 20.4. The van der Waals surface area contributed by atoms with E-state index in [1.165, 1.54) is 11.3 Å². The maximum absolute atomic E-state index is 12.0. The van der Waals surface area contributed by atoms with E-state index in [-0.39, 0.29) is 5.91 Å². The Morgan fingerprint density at radius 1 is 1.14 bits per heavy atom. The number of thiazole rings is 1. The lowest BCUT2D eigenvalue weighted by Gasteiger charge is -2.00. The third-order valence-corrected chi connectivity index (χ3v) is 3.59. The summed E-state index contributed by atoms with van der Waals surface area (Å²) in [5.41, 5.74) is 8.49. The SMILES string of the molecule is Nc1ccc(-c2csc(NC(=O)c3ccccn3)n2)cc1. The number of hydrogen-bond acceptors (Lipinski definition) is 5. The maximum atomic E-state index is 12.0. The van der Waals surface area contributed by atoms with Crippen LogP contribution in [-0.4, -0.2) is 15.9 Å². The standard InChI is InChI=1S/C15H12N4OS/c16-11-6-4-10(5-7-11)13-9-21-15(18-13)19-14(20)12-3-1-2-8-17-12/h1-9H,16H2,(H,18,19,20). The molecule has 1 amide bonds. The van der Waals surface area contributed by atoms with E-state index in [1.807, 2.05) is 29.6 Å². The molecule has 0 saturated carbocycles. The van der Waals surface area contributed by atoms with E-state index >= 15 is 0 Å². The molecule has 1 aromatic carbocycles. The van der Waals surface area contributed by atoms with Gasteiger partial charge in [0.05, 0.1) is 5.69 Å². The summed E-state index contributed by atoms with van der Waals surface area (Å²) < 4.78 is 0. The summed E-state index contributed by atoms with van der Waals surface area (Å²) in [5, 5.41) is 5.17. The Balaban J connectivity index is 1.76. The molecule has 0 radical (unpaired) electrons. The average molecular weight is 296 g/mol. The number of nitrogens with two attached hydrogens (primary N) is 1. The number of amides is 1. The molecule has 21 heavy (non-hydrogen) atoms. The summed E-state index contributed by atoms with van der Waals surface area (Å²) in [6, 6.07) is 12.6. The van der Waals surface area contributed by atoms with Gasteiger partial charge < -0.3 is 5.73 Å². The highest BCUT2D eigenvalue weighted by atomic mass is 32.1. The number of hydrogen-bond donors (Lipinski definition) is 2. The lowest BCUT2D eigenvalue weighted by atomic mass is 10.1. The number of nitrogens with zero attached hydrogens (tertiary/aromatic N) is 2. The van der Waals surface area contributed by atoms with E-state index in [4.69, 9.17) is 5.73 Å². The van der Waals surface area contributed by atoms with Crippen LogP contribution in [0.4, 0.5) is 10.8 Å². The Morgan fingerprint density at radius 2 is 1.95 bits per heavy atom. The van der Waals surface area contributed by atoms with Crippen LogP contribution in [0.15, 0.2) is 54.0 Å². The fraction of sp³-hybridized carbons (Fsp3) is 0. The van der Waals surface area contributed by atoms with Crippen molar-refractivity contribution in [3.05, 3.63) is 59.7 Å². The van der Waals surface area contributed by atoms with Gasteiger partial charge in [0.25, 0.3) is 5.91 Å². The summed E-state index contributed by atoms with van der Waals surface area (Å²) >= 11 is 1.37. The van der Waals surface area contributed by atoms with Gasteiger partial charge >= 0.3 is 0 Å². The number of aromatic nitrogens is 2. The predicted molar refractivity (Wildman–Crippen MR) is 84.2 cm³/mol. The van der Waals surface area contributed by atoms with Gasteiger partial charge in [-0.15, -0.1) is 11.3 Å². The second-order valence-corrected chi connectivity index (χ2v) is 5.19. The Labute approximate surface area is 125 Å². The van der Waals surface area contributed by atoms with Gasteiger partial charge in [0.15, 0.2) is 5.13 Å². The third-order valence-electron chi connectivity index (χ3n) is 2.83. The third kappa shape index (κ3) is 3.06. The minimum atomic E-state index is -0.270. The van der Waals surface area contributed by atoms with Crippen molar-refractivity contribution < 1.29 is 4.79 Å². The molecule has 0 aliphatic heterocycles. The van der Waals surface area contributed by atoms with E-state index in [1.54, 1.807) is 24.4 Å². The number of benzene rings is 1. The molecule has 3 rings (SSSR count). The second-order valence-electron chi connectivity index (χ2n) is 4.33. The van der Waals surface area contributed by atoms with Crippen molar-refractivity contribution in [1.29, 1.82) is 0 Å². The highest BCUT2D eigenvalue weighted by Crippen LogP contribution is 2.25. The second kappa shape index (κ2) is 5.72. The van der Waals surface area contributed by atoms with Gasteiger partial charge in [-0.2, -0.15) is 0 Å². The molecule has 0 saturated heterocycles. The predicted octanol–water partition coefficient (Wildman–Crippen LogP) is 3.04. The van der Waals surface area contributed by atoms with Crippen molar-refractivity contribution in [3.8, 4) is 11.3 Å². The first-order valence-corrected chi connectivity index (χ1v) is 7.14. The van der Waals surface area contributed by atoms with Crippen molar-refractivity contribution in [2.75, 3.05) is 11.1 Å². The van der Waals surface area contributed by atoms with E-state index in [9.17, 15) is 4.79 Å². The smallest absolute Gasteiger partial charge is 0.276 e. The van der Waals surface area contributed by atoms with Crippen LogP contribution >= 0.6 is 11.3 Å². The number of nitrogen functional groups attached to an aromatic ring is 1. The van der Waals surface area contributed by atoms with Gasteiger partial charge in [-0.1, -0.05) is 18.2 Å². The van der Waals surface area contributed by atoms with E-state index < -0.39 is 0 Å². The molecule has 2 heterocycles. The van der Waals surface area contributed by atoms with Gasteiger partial charge in [-0.3, -0.25) is 15.1 Å². The summed E-state index contributed by atoms with van der Waals surface area (Å²) in [5.74, 6) is -0.270. The van der Waals surface area contributed by atoms with Gasteiger partial charge in [0.2, 0.25) is 0 Å². The lowest BCUT2D eigenvalue weighted by Crippen LogP contribution is -2.13. The van der Waals surface area contributed by atoms with Crippen LogP contribution in [0, 0.1) is 0 Å². The van der Waals surface area contributed by atoms with Gasteiger partial charge in [0, 0.05) is 22.8 Å². The number of anilines is 2. The number of carbonyl (C=O) groups is 1. The zero-order chi connectivity index (χ0) is 14.7. The van der Waals surface area contributed by atoms with Crippen molar-refractivity contribution in [1.82, 2.24) is 9.97 Å². The number of carbonyl (C=O) groups excluding carboxylic acids is 1. The highest BCUT2D eigenvalue weighted by Gasteiger charge is 2.10. The van der Waals surface area contributed by atoms with Gasteiger partial charge in [-0.25, -0.2) is 4.98 Å². The molecule has 3 aromatic rings. The minimum Gasteiger partial charge on any atom is -0.399 e. The number of nitrogens with one attached hydrogen (secondary N) is 1. The Morgan fingerprint density at radius 3 is 2.67 bits per heavy atom. The number of pyridine rings is 1. The fourth-order valence-corrected chi connectivity index (χ4v) is 2.49. The molecule has 0 unspecified atom stereocenters. The van der Waals surface area contributed by atoms with E-state index in [2.05, 4.69) is 15.3 Å². The highest BCUT2D eigenvalue weighted by molar-refractivity contribution is 7.14. The molecule has 0 bridgehead atoms. The molecule has 0 fully saturated rings. The van der Waals surface area contributed by atoms with Crippen LogP contribution in [0.2, 0.25) is 0 Å². The molecular formula is C15H12N4OS. The minimum absolute atomic E-state index is 0.270. The molecule has 0 atom stereocenters. The monoisotopic (exact) mass is 296 g/mol. The molecular weight excluding hydrogens is 284 g/mol. The Hall–Kier alpha value is -2.73. The first-order chi connectivity index (χ1) is 10.2. The molecule has 0 aliphatic rings. The molecule has 0 aliphatic carbocycles. The van der Waals surface area contributed by atoms with Gasteiger partial charge in [-0.05, 0) is 24.3 Å². The average Bonchev–Trinajstić information content (AvgIpc) is 2.97. The summed E-state index contributed by atoms with van der Waals surface area (Å²) in [6.45, 7) is 0. The summed E-state index contributed by atoms with van der Waals surface area (Å²) in [7, 11) is 0. The van der Waals surface area contributed by atoms with Crippen molar-refractivity contribution in [3.63, 3.8) is 0 Å². The topological polar surface area (TPSA) is 80.9 Å². The molecule has 2 aromatic heterocycles. The lowest BCUT2D eigenvalue weighted by molar-refractivity contribution is 0.102. The summed E-state index contributed by atoms with van der Waals surface area (Å²) in [6.07, 6.45) is 1.58. The Kier molecular flexibility index (Phi) is 3.61. The number of rotatable bonds is 3. The quantitative estimate of drug-likeness (QED) is 0.728. The normalized spacial score (nSPS) is 10.3. The van der Waals surface area contributed by atoms with Crippen LogP contribution in [0.25, 0.3) is 11.3 Å². The van der Waals surface area contributed by atoms with Crippen molar-refractivity contribution in [2.24, 2.45) is 0 Å². The fourth-order valence-electron chi connectivity index (χ4n) is 1.78. The van der Waals surface area contributed by atoms with E-state index in [0.717, 1.165) is 11.3 Å². The largest absolute Gasteiger partial charge is 0.399 e. The molecule has 3 N–H and O–H groups in total. The molecule has 104 valence electrons. The molecule has 6 heteroatoms. The zero-order valence-corrected chi connectivity index (χ0v) is 11.8. The van der Waals surface area contributed by atoms with Crippen LogP contribution in [0.3, 0.4) is 0 Å². The van der Waals surface area contributed by atoms with Crippen LogP contribution in [0.1, 0.15) is 10.5 Å². The zero-order valence-electron chi connectivity index (χ0n) is 11.0. The first kappa shape index (κ1) is 13.3. The van der Waals surface area contributed by atoms with Crippen molar-refractivity contribution in [2.45, 2.75) is 0 Å². The van der Waals surface area contributed by atoms with Crippen LogP contribution < -0.4 is 11.1 Å². The first-order valence-electron chi connectivity index (χ1n) is 6.26. The van der Waals surface area contributed by atoms with Gasteiger partial charge in [0.1, 0.15) is 5.69 Å². The van der Waals surface area contributed by atoms with Crippen molar-refractivity contribution >= 4 is 28.1 Å². The van der Waals surface area contributed by atoms with Crippen LogP contribution in [-0.2, 0) is 0 Å². The van der Waals surface area contributed by atoms with Crippen LogP contribution in [0.5, 0.6) is 0 Å². The molecule has 0 spiro atoms. The van der Waals surface area contributed by atoms with E-state index in [0.29, 0.717) is 16.5 Å². The Bertz CT molecular complexity index is 753. The molecule has 5 nitrogen and oxygen atoms in total.